The summed E-state index contributed by atoms with van der Waals surface area (Å²) in [4.78, 5) is 21.8. The lowest BCUT2D eigenvalue weighted by atomic mass is 10.1. The molecule has 1 amide bonds. The van der Waals surface area contributed by atoms with E-state index in [1.54, 1.807) is 4.90 Å². The summed E-state index contributed by atoms with van der Waals surface area (Å²) in [6.45, 7) is 8.00. The van der Waals surface area contributed by atoms with Gasteiger partial charge >= 0.3 is 0 Å². The van der Waals surface area contributed by atoms with Gasteiger partial charge < -0.3 is 4.74 Å². The summed E-state index contributed by atoms with van der Waals surface area (Å²) >= 11 is 1.43. The second kappa shape index (κ2) is 8.75. The number of morpholine rings is 1. The standard InChI is InChI=1S/C22H23F2N3O2S/c1-14-3-6-19-20(15(14)2)25-22(30-19)27(8-7-26-9-11-29-12-10-26)21(28)16-4-5-17(23)18(24)13-16/h3-6,13H,7-12H2,1-2H3. The molecule has 0 unspecified atom stereocenters. The van der Waals surface area contributed by atoms with E-state index in [4.69, 9.17) is 9.72 Å². The number of carbonyl (C=O) groups is 1. The Bertz CT molecular complexity index is 1080. The number of hydrogen-bond donors (Lipinski definition) is 0. The SMILES string of the molecule is Cc1ccc2sc(N(CCN3CCOCC3)C(=O)c3ccc(F)c(F)c3)nc2c1C. The van der Waals surface area contributed by atoms with Gasteiger partial charge in [-0.2, -0.15) is 0 Å². The summed E-state index contributed by atoms with van der Waals surface area (Å²) in [6.07, 6.45) is 0. The van der Waals surface area contributed by atoms with Crippen LogP contribution in [0.15, 0.2) is 30.3 Å². The number of amides is 1. The van der Waals surface area contributed by atoms with Gasteiger partial charge in [0.15, 0.2) is 16.8 Å². The van der Waals surface area contributed by atoms with E-state index in [0.29, 0.717) is 31.4 Å². The maximum atomic E-state index is 13.8. The predicted octanol–water partition coefficient (Wildman–Crippen LogP) is 4.17. The average Bonchev–Trinajstić information content (AvgIpc) is 3.18. The third-order valence-corrected chi connectivity index (χ3v) is 6.50. The number of benzene rings is 2. The first-order valence-corrected chi connectivity index (χ1v) is 10.7. The van der Waals surface area contributed by atoms with E-state index < -0.39 is 17.5 Å². The number of hydrogen-bond acceptors (Lipinski definition) is 5. The van der Waals surface area contributed by atoms with Gasteiger partial charge in [0.1, 0.15) is 0 Å². The Morgan fingerprint density at radius 1 is 1.17 bits per heavy atom. The normalized spacial score (nSPS) is 14.9. The highest BCUT2D eigenvalue weighted by molar-refractivity contribution is 7.22. The third kappa shape index (κ3) is 4.21. The first-order valence-electron chi connectivity index (χ1n) is 9.88. The van der Waals surface area contributed by atoms with Crippen molar-refractivity contribution in [1.82, 2.24) is 9.88 Å². The van der Waals surface area contributed by atoms with Crippen LogP contribution < -0.4 is 4.90 Å². The highest BCUT2D eigenvalue weighted by Gasteiger charge is 2.24. The summed E-state index contributed by atoms with van der Waals surface area (Å²) in [5, 5.41) is 0.557. The smallest absolute Gasteiger partial charge is 0.260 e. The fourth-order valence-corrected chi connectivity index (χ4v) is 4.51. The van der Waals surface area contributed by atoms with Gasteiger partial charge in [-0.1, -0.05) is 17.4 Å². The molecule has 2 aromatic carbocycles. The molecule has 3 aromatic rings. The Kier molecular flexibility index (Phi) is 6.08. The molecule has 0 radical (unpaired) electrons. The average molecular weight is 432 g/mol. The molecule has 0 saturated carbocycles. The van der Waals surface area contributed by atoms with Gasteiger partial charge in [0.2, 0.25) is 0 Å². The van der Waals surface area contributed by atoms with Crippen molar-refractivity contribution in [2.75, 3.05) is 44.3 Å². The molecule has 8 heteroatoms. The Morgan fingerprint density at radius 2 is 1.93 bits per heavy atom. The van der Waals surface area contributed by atoms with E-state index in [1.807, 2.05) is 26.0 Å². The Balaban J connectivity index is 1.68. The minimum atomic E-state index is -1.04. The topological polar surface area (TPSA) is 45.7 Å². The zero-order valence-electron chi connectivity index (χ0n) is 17.0. The first kappa shape index (κ1) is 20.8. The number of halogens is 2. The van der Waals surface area contributed by atoms with Gasteiger partial charge in [-0.3, -0.25) is 14.6 Å². The zero-order valence-corrected chi connectivity index (χ0v) is 17.8. The number of nitrogens with zero attached hydrogens (tertiary/aromatic N) is 3. The molecular weight excluding hydrogens is 408 g/mol. The number of carbonyl (C=O) groups excluding carboxylic acids is 1. The molecule has 0 N–H and O–H groups in total. The maximum absolute atomic E-state index is 13.8. The molecule has 1 aliphatic heterocycles. The molecule has 0 aliphatic carbocycles. The number of fused-ring (bicyclic) bond motifs is 1. The maximum Gasteiger partial charge on any atom is 0.260 e. The highest BCUT2D eigenvalue weighted by Crippen LogP contribution is 2.32. The van der Waals surface area contributed by atoms with E-state index in [1.165, 1.54) is 17.4 Å². The van der Waals surface area contributed by atoms with Gasteiger partial charge in [0.05, 0.1) is 23.4 Å². The molecule has 0 atom stereocenters. The Morgan fingerprint density at radius 3 is 2.67 bits per heavy atom. The minimum Gasteiger partial charge on any atom is -0.379 e. The quantitative estimate of drug-likeness (QED) is 0.608. The van der Waals surface area contributed by atoms with Crippen LogP contribution >= 0.6 is 11.3 Å². The largest absolute Gasteiger partial charge is 0.379 e. The number of anilines is 1. The van der Waals surface area contributed by atoms with Gasteiger partial charge in [0.25, 0.3) is 5.91 Å². The molecule has 4 rings (SSSR count). The van der Waals surface area contributed by atoms with Crippen LogP contribution in [-0.2, 0) is 4.74 Å². The van der Waals surface area contributed by atoms with Crippen LogP contribution in [0.4, 0.5) is 13.9 Å². The van der Waals surface area contributed by atoms with E-state index >= 15 is 0 Å². The van der Waals surface area contributed by atoms with Crippen molar-refractivity contribution in [2.24, 2.45) is 0 Å². The number of thiazole rings is 1. The van der Waals surface area contributed by atoms with Crippen LogP contribution in [-0.4, -0.2) is 55.2 Å². The van der Waals surface area contributed by atoms with Crippen molar-refractivity contribution in [3.63, 3.8) is 0 Å². The molecule has 0 bridgehead atoms. The summed E-state index contributed by atoms with van der Waals surface area (Å²) < 4.78 is 33.5. The molecular formula is C22H23F2N3O2S. The first-order chi connectivity index (χ1) is 14.4. The van der Waals surface area contributed by atoms with Crippen LogP contribution in [0.3, 0.4) is 0 Å². The van der Waals surface area contributed by atoms with Crippen molar-refractivity contribution in [2.45, 2.75) is 13.8 Å². The van der Waals surface area contributed by atoms with E-state index in [2.05, 4.69) is 4.90 Å². The zero-order chi connectivity index (χ0) is 21.3. The summed E-state index contributed by atoms with van der Waals surface area (Å²) in [5.41, 5.74) is 3.17. The van der Waals surface area contributed by atoms with Crippen LogP contribution in [0, 0.1) is 25.5 Å². The van der Waals surface area contributed by atoms with Crippen molar-refractivity contribution >= 4 is 32.6 Å². The number of aromatic nitrogens is 1. The summed E-state index contributed by atoms with van der Waals surface area (Å²) in [7, 11) is 0. The monoisotopic (exact) mass is 431 g/mol. The van der Waals surface area contributed by atoms with E-state index in [-0.39, 0.29) is 5.56 Å². The fraction of sp³-hybridized carbons (Fsp3) is 0.364. The number of rotatable bonds is 5. The summed E-state index contributed by atoms with van der Waals surface area (Å²) in [6, 6.07) is 7.28. The van der Waals surface area contributed by atoms with Gasteiger partial charge in [-0.05, 0) is 49.2 Å². The lowest BCUT2D eigenvalue weighted by Gasteiger charge is -2.29. The molecule has 2 heterocycles. The van der Waals surface area contributed by atoms with Gasteiger partial charge in [-0.15, -0.1) is 0 Å². The van der Waals surface area contributed by atoms with Gasteiger partial charge in [0, 0.05) is 31.7 Å². The van der Waals surface area contributed by atoms with Crippen molar-refractivity contribution in [1.29, 1.82) is 0 Å². The Hall–Kier alpha value is -2.42. The van der Waals surface area contributed by atoms with Gasteiger partial charge in [-0.25, -0.2) is 13.8 Å². The second-order valence-corrected chi connectivity index (χ2v) is 8.40. The summed E-state index contributed by atoms with van der Waals surface area (Å²) in [5.74, 6) is -2.40. The van der Waals surface area contributed by atoms with E-state index in [9.17, 15) is 13.6 Å². The molecule has 30 heavy (non-hydrogen) atoms. The second-order valence-electron chi connectivity index (χ2n) is 7.39. The van der Waals surface area contributed by atoms with E-state index in [0.717, 1.165) is 46.6 Å². The lowest BCUT2D eigenvalue weighted by Crippen LogP contribution is -2.43. The number of aryl methyl sites for hydroxylation is 2. The third-order valence-electron chi connectivity index (χ3n) is 5.46. The van der Waals surface area contributed by atoms with Crippen LogP contribution in [0.25, 0.3) is 10.2 Å². The Labute approximate surface area is 177 Å². The molecule has 1 aliphatic rings. The molecule has 1 saturated heterocycles. The molecule has 0 spiro atoms. The fourth-order valence-electron chi connectivity index (χ4n) is 3.47. The molecule has 158 valence electrons. The molecule has 1 fully saturated rings. The number of ether oxygens (including phenoxy) is 1. The van der Waals surface area contributed by atoms with Crippen molar-refractivity contribution in [3.05, 3.63) is 58.7 Å². The van der Waals surface area contributed by atoms with Crippen molar-refractivity contribution < 1.29 is 18.3 Å². The van der Waals surface area contributed by atoms with Crippen LogP contribution in [0.1, 0.15) is 21.5 Å². The lowest BCUT2D eigenvalue weighted by molar-refractivity contribution is 0.0391. The minimum absolute atomic E-state index is 0.100. The predicted molar refractivity (Wildman–Crippen MR) is 114 cm³/mol. The van der Waals surface area contributed by atoms with Crippen LogP contribution in [0.2, 0.25) is 0 Å². The van der Waals surface area contributed by atoms with Crippen LogP contribution in [0.5, 0.6) is 0 Å². The van der Waals surface area contributed by atoms with Crippen molar-refractivity contribution in [3.8, 4) is 0 Å². The molecule has 1 aromatic heterocycles. The molecule has 5 nitrogen and oxygen atoms in total. The highest BCUT2D eigenvalue weighted by atomic mass is 32.1.